The number of alkyl halides is 3. The summed E-state index contributed by atoms with van der Waals surface area (Å²) in [6.45, 7) is 0. The SMILES string of the molecule is FC(F)(F)c1onc(-c2ccc(Cl)cc2)c1-c1cn(-c2cc[c]cc2)cn1. The molecule has 0 saturated heterocycles. The number of rotatable bonds is 3. The zero-order valence-corrected chi connectivity index (χ0v) is 14.3. The van der Waals surface area contributed by atoms with Crippen LogP contribution < -0.4 is 0 Å². The van der Waals surface area contributed by atoms with Gasteiger partial charge >= 0.3 is 6.18 Å². The standard InChI is InChI=1S/C19H10ClF3N3O/c20-13-8-6-12(7-9-13)17-16(18(27-25-17)19(21,22)23)15-10-26(11-24-15)14-4-2-1-3-5-14/h2-11H. The van der Waals surface area contributed by atoms with Crippen molar-refractivity contribution < 1.29 is 17.7 Å². The van der Waals surface area contributed by atoms with Crippen LogP contribution in [0, 0.1) is 6.07 Å². The van der Waals surface area contributed by atoms with Crippen LogP contribution in [-0.4, -0.2) is 14.7 Å². The Hall–Kier alpha value is -3.06. The molecule has 0 amide bonds. The van der Waals surface area contributed by atoms with E-state index in [1.807, 2.05) is 0 Å². The van der Waals surface area contributed by atoms with Gasteiger partial charge in [-0.15, -0.1) is 0 Å². The van der Waals surface area contributed by atoms with Crippen molar-refractivity contribution in [3.05, 3.63) is 77.9 Å². The zero-order chi connectivity index (χ0) is 19.0. The molecule has 0 spiro atoms. The van der Waals surface area contributed by atoms with Gasteiger partial charge in [-0.3, -0.25) is 0 Å². The Labute approximate surface area is 156 Å². The molecule has 2 aromatic heterocycles. The molecule has 0 aliphatic rings. The molecule has 8 heteroatoms. The van der Waals surface area contributed by atoms with E-state index in [0.29, 0.717) is 10.6 Å². The lowest BCUT2D eigenvalue weighted by molar-refractivity contribution is -0.154. The molecule has 0 unspecified atom stereocenters. The minimum atomic E-state index is -4.71. The van der Waals surface area contributed by atoms with E-state index in [4.69, 9.17) is 11.6 Å². The Bertz CT molecular complexity index is 1070. The number of imidazole rings is 1. The molecule has 0 atom stereocenters. The first-order valence-electron chi connectivity index (χ1n) is 7.77. The van der Waals surface area contributed by atoms with Crippen LogP contribution in [-0.2, 0) is 6.18 Å². The summed E-state index contributed by atoms with van der Waals surface area (Å²) < 4.78 is 46.7. The van der Waals surface area contributed by atoms with Crippen LogP contribution in [0.3, 0.4) is 0 Å². The van der Waals surface area contributed by atoms with Crippen molar-refractivity contribution in [1.82, 2.24) is 14.7 Å². The number of aromatic nitrogens is 3. The number of benzene rings is 2. The summed E-state index contributed by atoms with van der Waals surface area (Å²) in [4.78, 5) is 4.14. The highest BCUT2D eigenvalue weighted by molar-refractivity contribution is 6.30. The maximum Gasteiger partial charge on any atom is 0.453 e. The molecule has 0 fully saturated rings. The lowest BCUT2D eigenvalue weighted by atomic mass is 10.0. The van der Waals surface area contributed by atoms with E-state index in [0.717, 1.165) is 5.69 Å². The van der Waals surface area contributed by atoms with Gasteiger partial charge in [-0.1, -0.05) is 41.0 Å². The monoisotopic (exact) mass is 388 g/mol. The zero-order valence-electron chi connectivity index (χ0n) is 13.5. The highest BCUT2D eigenvalue weighted by Crippen LogP contribution is 2.42. The van der Waals surface area contributed by atoms with Crippen LogP contribution in [0.5, 0.6) is 0 Å². The third-order valence-electron chi connectivity index (χ3n) is 3.90. The van der Waals surface area contributed by atoms with E-state index < -0.39 is 11.9 Å². The van der Waals surface area contributed by atoms with Gasteiger partial charge < -0.3 is 9.09 Å². The van der Waals surface area contributed by atoms with Crippen LogP contribution in [0.15, 0.2) is 65.6 Å². The molecule has 4 nitrogen and oxygen atoms in total. The first kappa shape index (κ1) is 17.4. The summed E-state index contributed by atoms with van der Waals surface area (Å²) in [6.07, 6.45) is -1.78. The summed E-state index contributed by atoms with van der Waals surface area (Å²) in [7, 11) is 0. The molecular formula is C19H10ClF3N3O. The van der Waals surface area contributed by atoms with E-state index in [9.17, 15) is 13.2 Å². The Morgan fingerprint density at radius 2 is 1.74 bits per heavy atom. The Morgan fingerprint density at radius 3 is 2.41 bits per heavy atom. The second kappa shape index (κ2) is 6.59. The summed E-state index contributed by atoms with van der Waals surface area (Å²) >= 11 is 5.86. The third kappa shape index (κ3) is 3.33. The second-order valence-corrected chi connectivity index (χ2v) is 6.10. The van der Waals surface area contributed by atoms with Crippen molar-refractivity contribution in [3.8, 4) is 28.2 Å². The summed E-state index contributed by atoms with van der Waals surface area (Å²) in [5.41, 5.74) is 1.11. The molecule has 2 aromatic carbocycles. The van der Waals surface area contributed by atoms with Gasteiger partial charge in [0.15, 0.2) is 0 Å². The maximum atomic E-state index is 13.5. The van der Waals surface area contributed by atoms with Crippen molar-refractivity contribution >= 4 is 11.6 Å². The lowest BCUT2D eigenvalue weighted by Gasteiger charge is -2.05. The number of hydrogen-bond acceptors (Lipinski definition) is 3. The summed E-state index contributed by atoms with van der Waals surface area (Å²) in [5, 5.41) is 4.11. The number of halogens is 4. The lowest BCUT2D eigenvalue weighted by Crippen LogP contribution is -2.05. The van der Waals surface area contributed by atoms with Gasteiger partial charge in [0.1, 0.15) is 5.69 Å². The van der Waals surface area contributed by atoms with Gasteiger partial charge in [0.25, 0.3) is 0 Å². The van der Waals surface area contributed by atoms with Crippen molar-refractivity contribution in [2.75, 3.05) is 0 Å². The van der Waals surface area contributed by atoms with Crippen molar-refractivity contribution in [1.29, 1.82) is 0 Å². The Morgan fingerprint density at radius 1 is 1.04 bits per heavy atom. The van der Waals surface area contributed by atoms with Gasteiger partial charge in [0.05, 0.1) is 17.6 Å². The van der Waals surface area contributed by atoms with Crippen LogP contribution in [0.4, 0.5) is 13.2 Å². The minimum Gasteiger partial charge on any atom is -0.350 e. The van der Waals surface area contributed by atoms with Crippen molar-refractivity contribution in [3.63, 3.8) is 0 Å². The summed E-state index contributed by atoms with van der Waals surface area (Å²) in [6, 6.07) is 16.1. The molecule has 27 heavy (non-hydrogen) atoms. The fourth-order valence-corrected chi connectivity index (χ4v) is 2.80. The molecule has 2 heterocycles. The average Bonchev–Trinajstić information content (AvgIpc) is 3.30. The van der Waals surface area contributed by atoms with Crippen LogP contribution in [0.25, 0.3) is 28.2 Å². The van der Waals surface area contributed by atoms with Crippen molar-refractivity contribution in [2.24, 2.45) is 0 Å². The fraction of sp³-hybridized carbons (Fsp3) is 0.0526. The largest absolute Gasteiger partial charge is 0.453 e. The maximum absolute atomic E-state index is 13.5. The van der Waals surface area contributed by atoms with Crippen molar-refractivity contribution in [2.45, 2.75) is 6.18 Å². The molecule has 135 valence electrons. The molecule has 4 rings (SSSR count). The van der Waals surface area contributed by atoms with Crippen LogP contribution in [0.1, 0.15) is 5.76 Å². The first-order chi connectivity index (χ1) is 12.9. The molecule has 0 aliphatic heterocycles. The quantitative estimate of drug-likeness (QED) is 0.454. The Balaban J connectivity index is 1.87. The smallest absolute Gasteiger partial charge is 0.350 e. The van der Waals surface area contributed by atoms with E-state index in [1.165, 1.54) is 12.5 Å². The molecular weight excluding hydrogens is 379 g/mol. The van der Waals surface area contributed by atoms with Gasteiger partial charge in [0.2, 0.25) is 5.76 Å². The molecule has 4 aromatic rings. The third-order valence-corrected chi connectivity index (χ3v) is 4.16. The normalized spacial score (nSPS) is 11.7. The van der Waals surface area contributed by atoms with Crippen LogP contribution in [0.2, 0.25) is 5.02 Å². The molecule has 0 bridgehead atoms. The highest BCUT2D eigenvalue weighted by Gasteiger charge is 2.41. The first-order valence-corrected chi connectivity index (χ1v) is 8.15. The van der Waals surface area contributed by atoms with E-state index in [1.54, 1.807) is 53.1 Å². The summed E-state index contributed by atoms with van der Waals surface area (Å²) in [5.74, 6) is -1.20. The molecule has 0 N–H and O–H groups in total. The highest BCUT2D eigenvalue weighted by atomic mass is 35.5. The fourth-order valence-electron chi connectivity index (χ4n) is 2.67. The van der Waals surface area contributed by atoms with Gasteiger partial charge in [0, 0.05) is 22.5 Å². The van der Waals surface area contributed by atoms with E-state index in [2.05, 4.69) is 20.7 Å². The molecule has 0 saturated carbocycles. The van der Waals surface area contributed by atoms with E-state index >= 15 is 0 Å². The number of hydrogen-bond donors (Lipinski definition) is 0. The van der Waals surface area contributed by atoms with Gasteiger partial charge in [-0.25, -0.2) is 4.98 Å². The van der Waals surface area contributed by atoms with Gasteiger partial charge in [-0.2, -0.15) is 13.2 Å². The predicted molar refractivity (Wildman–Crippen MR) is 93.3 cm³/mol. The van der Waals surface area contributed by atoms with Crippen LogP contribution >= 0.6 is 11.6 Å². The minimum absolute atomic E-state index is 0.0469. The van der Waals surface area contributed by atoms with E-state index in [-0.39, 0.29) is 17.0 Å². The molecule has 1 radical (unpaired) electrons. The molecule has 0 aliphatic carbocycles. The average molecular weight is 389 g/mol. The predicted octanol–water partition coefficient (Wildman–Crippen LogP) is 5.67. The Kier molecular flexibility index (Phi) is 4.24. The topological polar surface area (TPSA) is 43.9 Å². The number of nitrogens with zero attached hydrogens (tertiary/aromatic N) is 3. The van der Waals surface area contributed by atoms with Gasteiger partial charge in [-0.05, 0) is 30.3 Å². The second-order valence-electron chi connectivity index (χ2n) is 5.66.